The predicted molar refractivity (Wildman–Crippen MR) is 91.9 cm³/mol. The molecule has 0 radical (unpaired) electrons. The minimum Gasteiger partial charge on any atom is -0.276 e. The van der Waals surface area contributed by atoms with Gasteiger partial charge in [0.15, 0.2) is 0 Å². The van der Waals surface area contributed by atoms with Crippen LogP contribution in [0.3, 0.4) is 0 Å². The van der Waals surface area contributed by atoms with Gasteiger partial charge in [-0.25, -0.2) is 4.39 Å². The molecule has 0 unspecified atom stereocenters. The van der Waals surface area contributed by atoms with Gasteiger partial charge in [0, 0.05) is 24.1 Å². The Labute approximate surface area is 148 Å². The van der Waals surface area contributed by atoms with Crippen molar-refractivity contribution in [2.24, 2.45) is 5.41 Å². The minimum atomic E-state index is -0.437. The summed E-state index contributed by atoms with van der Waals surface area (Å²) in [6.07, 6.45) is 6.18. The second-order valence-electron chi connectivity index (χ2n) is 7.88. The van der Waals surface area contributed by atoms with Crippen molar-refractivity contribution in [1.29, 1.82) is 0 Å². The molecule has 2 amide bonds. The van der Waals surface area contributed by atoms with Crippen molar-refractivity contribution in [1.82, 2.24) is 9.80 Å². The SMILES string of the molecule is C[C@H](c1ccccc1F)N(CN1C(=O)CC2(CCCC2)C1=O)C1CC1. The minimum absolute atomic E-state index is 0.00128. The number of carbonyl (C=O) groups is 2. The highest BCUT2D eigenvalue weighted by atomic mass is 19.1. The van der Waals surface area contributed by atoms with Crippen LogP contribution < -0.4 is 0 Å². The van der Waals surface area contributed by atoms with E-state index in [1.54, 1.807) is 12.1 Å². The summed E-state index contributed by atoms with van der Waals surface area (Å²) in [7, 11) is 0. The van der Waals surface area contributed by atoms with Crippen LogP contribution in [-0.4, -0.2) is 34.3 Å². The molecule has 4 rings (SSSR count). The number of benzene rings is 1. The summed E-state index contributed by atoms with van der Waals surface area (Å²) in [5.41, 5.74) is 0.192. The molecule has 0 N–H and O–H groups in total. The molecule has 3 fully saturated rings. The molecule has 0 aromatic heterocycles. The first kappa shape index (κ1) is 16.7. The highest BCUT2D eigenvalue weighted by Crippen LogP contribution is 2.47. The zero-order valence-electron chi connectivity index (χ0n) is 14.7. The van der Waals surface area contributed by atoms with E-state index in [2.05, 4.69) is 4.90 Å². The zero-order valence-corrected chi connectivity index (χ0v) is 14.7. The summed E-state index contributed by atoms with van der Waals surface area (Å²) >= 11 is 0. The summed E-state index contributed by atoms with van der Waals surface area (Å²) < 4.78 is 14.2. The average molecular weight is 344 g/mol. The lowest BCUT2D eigenvalue weighted by Crippen LogP contribution is -2.45. The molecule has 134 valence electrons. The molecule has 1 heterocycles. The fourth-order valence-corrected chi connectivity index (χ4v) is 4.56. The fraction of sp³-hybridized carbons (Fsp3) is 0.600. The Morgan fingerprint density at radius 2 is 1.92 bits per heavy atom. The van der Waals surface area contributed by atoms with Crippen molar-refractivity contribution >= 4 is 11.8 Å². The van der Waals surface area contributed by atoms with Gasteiger partial charge in [0.05, 0.1) is 12.1 Å². The van der Waals surface area contributed by atoms with Gasteiger partial charge < -0.3 is 0 Å². The standard InChI is InChI=1S/C20H25FN2O2/c1-14(16-6-2-3-7-17(16)21)22(15-8-9-15)13-23-18(24)12-20(19(23)25)10-4-5-11-20/h2-3,6-7,14-15H,4-5,8-13H2,1H3/t14-/m1/s1. The number of hydrogen-bond donors (Lipinski definition) is 0. The Balaban J connectivity index is 1.56. The normalized spacial score (nSPS) is 23.9. The molecular weight excluding hydrogens is 319 g/mol. The van der Waals surface area contributed by atoms with Crippen LogP contribution in [0, 0.1) is 11.2 Å². The molecule has 1 atom stereocenters. The molecular formula is C20H25FN2O2. The molecule has 25 heavy (non-hydrogen) atoms. The Morgan fingerprint density at radius 3 is 2.56 bits per heavy atom. The summed E-state index contributed by atoms with van der Waals surface area (Å²) in [6, 6.07) is 6.95. The Bertz CT molecular complexity index is 695. The first-order chi connectivity index (χ1) is 12.0. The van der Waals surface area contributed by atoms with E-state index < -0.39 is 5.41 Å². The van der Waals surface area contributed by atoms with E-state index in [0.29, 0.717) is 24.7 Å². The molecule has 5 heteroatoms. The number of imide groups is 1. The maximum Gasteiger partial charge on any atom is 0.237 e. The molecule has 2 aliphatic carbocycles. The molecule has 1 saturated heterocycles. The Morgan fingerprint density at radius 1 is 1.24 bits per heavy atom. The van der Waals surface area contributed by atoms with Gasteiger partial charge >= 0.3 is 0 Å². The van der Waals surface area contributed by atoms with Gasteiger partial charge in [0.2, 0.25) is 11.8 Å². The lowest BCUT2D eigenvalue weighted by molar-refractivity contribution is -0.144. The number of nitrogens with zero attached hydrogens (tertiary/aromatic N) is 2. The Kier molecular flexibility index (Phi) is 4.14. The molecule has 4 nitrogen and oxygen atoms in total. The van der Waals surface area contributed by atoms with Crippen LogP contribution in [-0.2, 0) is 9.59 Å². The van der Waals surface area contributed by atoms with E-state index in [9.17, 15) is 14.0 Å². The smallest absolute Gasteiger partial charge is 0.237 e. The van der Waals surface area contributed by atoms with E-state index in [1.807, 2.05) is 13.0 Å². The largest absolute Gasteiger partial charge is 0.276 e. The third-order valence-electron chi connectivity index (χ3n) is 6.22. The number of carbonyl (C=O) groups excluding carboxylic acids is 2. The highest BCUT2D eigenvalue weighted by molar-refractivity contribution is 6.06. The summed E-state index contributed by atoms with van der Waals surface area (Å²) in [5, 5.41) is 0. The van der Waals surface area contributed by atoms with Crippen molar-refractivity contribution in [2.75, 3.05) is 6.67 Å². The van der Waals surface area contributed by atoms with Crippen molar-refractivity contribution in [3.05, 3.63) is 35.6 Å². The first-order valence-corrected chi connectivity index (χ1v) is 9.37. The number of hydrogen-bond acceptors (Lipinski definition) is 3. The van der Waals surface area contributed by atoms with Crippen molar-refractivity contribution in [3.63, 3.8) is 0 Å². The molecule has 1 aromatic carbocycles. The maximum absolute atomic E-state index is 14.2. The second-order valence-corrected chi connectivity index (χ2v) is 7.88. The lowest BCUT2D eigenvalue weighted by Gasteiger charge is -2.33. The fourth-order valence-electron chi connectivity index (χ4n) is 4.56. The van der Waals surface area contributed by atoms with Crippen LogP contribution >= 0.6 is 0 Å². The second kappa shape index (κ2) is 6.20. The van der Waals surface area contributed by atoms with Gasteiger partial charge in [0.25, 0.3) is 0 Å². The van der Waals surface area contributed by atoms with Crippen molar-refractivity contribution < 1.29 is 14.0 Å². The summed E-state index contributed by atoms with van der Waals surface area (Å²) in [5.74, 6) is -0.286. The van der Waals surface area contributed by atoms with Gasteiger partial charge in [-0.15, -0.1) is 0 Å². The number of likely N-dealkylation sites (tertiary alicyclic amines) is 1. The molecule has 1 spiro atoms. The first-order valence-electron chi connectivity index (χ1n) is 9.37. The average Bonchev–Trinajstić information content (AvgIpc) is 3.28. The molecule has 2 saturated carbocycles. The number of amides is 2. The Hall–Kier alpha value is -1.75. The van der Waals surface area contributed by atoms with Gasteiger partial charge in [-0.3, -0.25) is 19.4 Å². The maximum atomic E-state index is 14.2. The zero-order chi connectivity index (χ0) is 17.6. The van der Waals surface area contributed by atoms with E-state index in [0.717, 1.165) is 38.5 Å². The van der Waals surface area contributed by atoms with Crippen molar-refractivity contribution in [2.45, 2.75) is 64.0 Å². The van der Waals surface area contributed by atoms with Crippen molar-refractivity contribution in [3.8, 4) is 0 Å². The van der Waals surface area contributed by atoms with Crippen LogP contribution in [0.2, 0.25) is 0 Å². The van der Waals surface area contributed by atoms with E-state index in [-0.39, 0.29) is 23.7 Å². The van der Waals surface area contributed by atoms with E-state index in [4.69, 9.17) is 0 Å². The topological polar surface area (TPSA) is 40.6 Å². The third-order valence-corrected chi connectivity index (χ3v) is 6.22. The third kappa shape index (κ3) is 2.88. The van der Waals surface area contributed by atoms with E-state index >= 15 is 0 Å². The molecule has 1 aliphatic heterocycles. The van der Waals surface area contributed by atoms with Gasteiger partial charge in [-0.2, -0.15) is 0 Å². The van der Waals surface area contributed by atoms with Crippen LogP contribution in [0.25, 0.3) is 0 Å². The number of halogens is 1. The lowest BCUT2D eigenvalue weighted by atomic mass is 9.85. The van der Waals surface area contributed by atoms with Crippen LogP contribution in [0.4, 0.5) is 4.39 Å². The summed E-state index contributed by atoms with van der Waals surface area (Å²) in [4.78, 5) is 29.1. The molecule has 3 aliphatic rings. The van der Waals surface area contributed by atoms with Gasteiger partial charge in [-0.1, -0.05) is 31.0 Å². The summed E-state index contributed by atoms with van der Waals surface area (Å²) in [6.45, 7) is 2.26. The van der Waals surface area contributed by atoms with Gasteiger partial charge in [-0.05, 0) is 38.7 Å². The van der Waals surface area contributed by atoms with Crippen LogP contribution in [0.5, 0.6) is 0 Å². The van der Waals surface area contributed by atoms with Gasteiger partial charge in [0.1, 0.15) is 5.82 Å². The van der Waals surface area contributed by atoms with Crippen LogP contribution in [0.1, 0.15) is 63.5 Å². The van der Waals surface area contributed by atoms with E-state index in [1.165, 1.54) is 11.0 Å². The number of rotatable bonds is 5. The predicted octanol–water partition coefficient (Wildman–Crippen LogP) is 3.63. The quantitative estimate of drug-likeness (QED) is 0.766. The van der Waals surface area contributed by atoms with Crippen LogP contribution in [0.15, 0.2) is 24.3 Å². The highest BCUT2D eigenvalue weighted by Gasteiger charge is 2.53. The molecule has 0 bridgehead atoms. The molecule has 1 aromatic rings. The monoisotopic (exact) mass is 344 g/mol.